The van der Waals surface area contributed by atoms with Crippen LogP contribution in [0, 0.1) is 0 Å². The highest BCUT2D eigenvalue weighted by Gasteiger charge is 2.18. The van der Waals surface area contributed by atoms with Crippen molar-refractivity contribution < 1.29 is 4.79 Å². The molecule has 5 nitrogen and oxygen atoms in total. The number of carbonyl (C=O) groups excluding carboxylic acids is 1. The fourth-order valence-electron chi connectivity index (χ4n) is 2.55. The number of hydrogen-bond acceptors (Lipinski definition) is 3. The summed E-state index contributed by atoms with van der Waals surface area (Å²) in [6.07, 6.45) is 0.934. The lowest BCUT2D eigenvalue weighted by Gasteiger charge is -2.19. The molecule has 1 fully saturated rings. The summed E-state index contributed by atoms with van der Waals surface area (Å²) in [6.45, 7) is 3.12. The minimum Gasteiger partial charge on any atom is -0.336 e. The zero-order valence-electron chi connectivity index (χ0n) is 11.6. The molecule has 21 heavy (non-hydrogen) atoms. The molecular weight excluding hydrogens is 290 g/mol. The lowest BCUT2D eigenvalue weighted by atomic mass is 10.1. The maximum atomic E-state index is 12.5. The highest BCUT2D eigenvalue weighted by molar-refractivity contribution is 5.96. The number of pyridine rings is 1. The van der Waals surface area contributed by atoms with Gasteiger partial charge in [0, 0.05) is 25.0 Å². The van der Waals surface area contributed by atoms with Gasteiger partial charge in [-0.05, 0) is 30.5 Å². The van der Waals surface area contributed by atoms with Gasteiger partial charge in [-0.2, -0.15) is 0 Å². The number of fused-ring (bicyclic) bond motifs is 1. The van der Waals surface area contributed by atoms with Crippen LogP contribution in [-0.2, 0) is 0 Å². The third-order valence-electron chi connectivity index (χ3n) is 3.61. The molecule has 2 N–H and O–H groups in total. The third-order valence-corrected chi connectivity index (χ3v) is 3.61. The van der Waals surface area contributed by atoms with Crippen LogP contribution in [0.5, 0.6) is 0 Å². The Morgan fingerprint density at radius 3 is 2.81 bits per heavy atom. The molecule has 1 aromatic carbocycles. The molecular formula is C15H18ClN3O2. The summed E-state index contributed by atoms with van der Waals surface area (Å²) in [4.78, 5) is 29.0. The van der Waals surface area contributed by atoms with Gasteiger partial charge in [-0.15, -0.1) is 12.4 Å². The van der Waals surface area contributed by atoms with Crippen LogP contribution in [0.15, 0.2) is 35.1 Å². The van der Waals surface area contributed by atoms with E-state index in [9.17, 15) is 9.59 Å². The van der Waals surface area contributed by atoms with Crippen LogP contribution in [0.4, 0.5) is 0 Å². The van der Waals surface area contributed by atoms with Gasteiger partial charge in [0.25, 0.3) is 11.5 Å². The van der Waals surface area contributed by atoms with Crippen molar-refractivity contribution in [2.75, 3.05) is 26.2 Å². The average Bonchev–Trinajstić information content (AvgIpc) is 2.75. The van der Waals surface area contributed by atoms with E-state index in [2.05, 4.69) is 10.3 Å². The number of aromatic amines is 1. The van der Waals surface area contributed by atoms with Gasteiger partial charge >= 0.3 is 0 Å². The Kier molecular flexibility index (Phi) is 4.98. The Labute approximate surface area is 128 Å². The number of nitrogens with one attached hydrogen (secondary N) is 2. The summed E-state index contributed by atoms with van der Waals surface area (Å²) in [6, 6.07) is 9.06. The van der Waals surface area contributed by atoms with Crippen LogP contribution in [-0.4, -0.2) is 42.0 Å². The van der Waals surface area contributed by atoms with Crippen LogP contribution >= 0.6 is 12.4 Å². The van der Waals surface area contributed by atoms with Crippen LogP contribution in [0.2, 0.25) is 0 Å². The Morgan fingerprint density at radius 1 is 1.14 bits per heavy atom. The van der Waals surface area contributed by atoms with Crippen LogP contribution < -0.4 is 10.9 Å². The van der Waals surface area contributed by atoms with Gasteiger partial charge in [0.05, 0.1) is 0 Å². The molecule has 1 aromatic heterocycles. The van der Waals surface area contributed by atoms with E-state index in [-0.39, 0.29) is 23.9 Å². The van der Waals surface area contributed by atoms with Gasteiger partial charge < -0.3 is 15.2 Å². The molecule has 0 unspecified atom stereocenters. The van der Waals surface area contributed by atoms with E-state index in [1.165, 1.54) is 0 Å². The van der Waals surface area contributed by atoms with E-state index < -0.39 is 0 Å². The molecule has 1 saturated heterocycles. The zero-order valence-corrected chi connectivity index (χ0v) is 12.4. The standard InChI is InChI=1S/C15H17N3O2.ClH/c19-14-12-5-2-1-4-11(12)10-13(17-14)15(20)18-8-3-6-16-7-9-18;/h1-2,4-5,10,16H,3,6-9H2,(H,17,19);1H. The molecule has 1 amide bonds. The summed E-state index contributed by atoms with van der Waals surface area (Å²) < 4.78 is 0. The molecule has 6 heteroatoms. The average molecular weight is 308 g/mol. The molecule has 2 aromatic rings. The first-order valence-electron chi connectivity index (χ1n) is 6.88. The highest BCUT2D eigenvalue weighted by atomic mass is 35.5. The van der Waals surface area contributed by atoms with Gasteiger partial charge in [0.1, 0.15) is 5.69 Å². The molecule has 0 saturated carbocycles. The fraction of sp³-hybridized carbons (Fsp3) is 0.333. The largest absolute Gasteiger partial charge is 0.336 e. The summed E-state index contributed by atoms with van der Waals surface area (Å²) >= 11 is 0. The second-order valence-corrected chi connectivity index (χ2v) is 5.00. The number of hydrogen-bond donors (Lipinski definition) is 2. The van der Waals surface area contributed by atoms with E-state index in [0.29, 0.717) is 17.6 Å². The van der Waals surface area contributed by atoms with Gasteiger partial charge in [-0.25, -0.2) is 0 Å². The molecule has 1 aliphatic heterocycles. The predicted molar refractivity (Wildman–Crippen MR) is 85.2 cm³/mol. The van der Waals surface area contributed by atoms with E-state index in [1.54, 1.807) is 17.0 Å². The Morgan fingerprint density at radius 2 is 1.95 bits per heavy atom. The first kappa shape index (κ1) is 15.5. The Hall–Kier alpha value is -1.85. The smallest absolute Gasteiger partial charge is 0.270 e. The molecule has 0 atom stereocenters. The van der Waals surface area contributed by atoms with Crippen molar-refractivity contribution in [3.8, 4) is 0 Å². The predicted octanol–water partition coefficient (Wildman–Crippen LogP) is 1.39. The first-order chi connectivity index (χ1) is 9.75. The van der Waals surface area contributed by atoms with Crippen molar-refractivity contribution in [2.45, 2.75) is 6.42 Å². The van der Waals surface area contributed by atoms with Crippen molar-refractivity contribution in [2.24, 2.45) is 0 Å². The number of carbonyl (C=O) groups is 1. The summed E-state index contributed by atoms with van der Waals surface area (Å²) in [5, 5.41) is 4.67. The van der Waals surface area contributed by atoms with E-state index in [1.807, 2.05) is 18.2 Å². The topological polar surface area (TPSA) is 65.2 Å². The minimum absolute atomic E-state index is 0. The van der Waals surface area contributed by atoms with Crippen LogP contribution in [0.3, 0.4) is 0 Å². The van der Waals surface area contributed by atoms with Gasteiger partial charge in [-0.3, -0.25) is 9.59 Å². The van der Waals surface area contributed by atoms with E-state index in [4.69, 9.17) is 0 Å². The Balaban J connectivity index is 0.00000161. The van der Waals surface area contributed by atoms with Crippen LogP contribution in [0.1, 0.15) is 16.9 Å². The van der Waals surface area contributed by atoms with Gasteiger partial charge in [0.2, 0.25) is 0 Å². The number of nitrogens with zero attached hydrogens (tertiary/aromatic N) is 1. The number of rotatable bonds is 1. The summed E-state index contributed by atoms with van der Waals surface area (Å²) in [5.74, 6) is -0.100. The molecule has 3 rings (SSSR count). The van der Waals surface area contributed by atoms with Gasteiger partial charge in [-0.1, -0.05) is 18.2 Å². The van der Waals surface area contributed by atoms with E-state index in [0.717, 1.165) is 31.4 Å². The number of amides is 1. The lowest BCUT2D eigenvalue weighted by Crippen LogP contribution is -2.35. The quantitative estimate of drug-likeness (QED) is 0.836. The number of halogens is 1. The molecule has 0 aliphatic carbocycles. The highest BCUT2D eigenvalue weighted by Crippen LogP contribution is 2.11. The van der Waals surface area contributed by atoms with Crippen molar-refractivity contribution in [3.63, 3.8) is 0 Å². The monoisotopic (exact) mass is 307 g/mol. The number of H-pyrrole nitrogens is 1. The van der Waals surface area contributed by atoms with Crippen molar-refractivity contribution in [3.05, 3.63) is 46.4 Å². The molecule has 2 heterocycles. The maximum absolute atomic E-state index is 12.5. The van der Waals surface area contributed by atoms with Gasteiger partial charge in [0.15, 0.2) is 0 Å². The first-order valence-corrected chi connectivity index (χ1v) is 6.88. The zero-order chi connectivity index (χ0) is 13.9. The normalized spacial score (nSPS) is 15.3. The minimum atomic E-state index is -0.209. The third kappa shape index (κ3) is 3.25. The molecule has 0 spiro atoms. The van der Waals surface area contributed by atoms with Crippen molar-refractivity contribution in [1.29, 1.82) is 0 Å². The van der Waals surface area contributed by atoms with E-state index >= 15 is 0 Å². The molecule has 1 aliphatic rings. The lowest BCUT2D eigenvalue weighted by molar-refractivity contribution is 0.0760. The molecule has 0 bridgehead atoms. The summed E-state index contributed by atoms with van der Waals surface area (Å²) in [5.41, 5.74) is 0.162. The van der Waals surface area contributed by atoms with Crippen molar-refractivity contribution >= 4 is 29.1 Å². The van der Waals surface area contributed by atoms with Crippen LogP contribution in [0.25, 0.3) is 10.8 Å². The second kappa shape index (κ2) is 6.74. The fourth-order valence-corrected chi connectivity index (χ4v) is 2.55. The molecule has 112 valence electrons. The SMILES string of the molecule is Cl.O=C(c1cc2ccccc2c(=O)[nH]1)N1CCCNCC1. The second-order valence-electron chi connectivity index (χ2n) is 5.00. The number of benzene rings is 1. The maximum Gasteiger partial charge on any atom is 0.270 e. The number of aromatic nitrogens is 1. The van der Waals surface area contributed by atoms with Crippen molar-refractivity contribution in [1.82, 2.24) is 15.2 Å². The Bertz CT molecular complexity index is 691. The summed E-state index contributed by atoms with van der Waals surface area (Å²) in [7, 11) is 0. The molecule has 0 radical (unpaired) electrons.